The average molecular weight is 547 g/mol. The molecule has 1 aromatic rings. The summed E-state index contributed by atoms with van der Waals surface area (Å²) in [5.41, 5.74) is 1.27. The molecule has 0 spiro atoms. The molecule has 1 amide bonds. The Morgan fingerprint density at radius 1 is 1.11 bits per heavy atom. The number of aromatic nitrogens is 1. The molecule has 0 radical (unpaired) electrons. The number of nitrogens with one attached hydrogen (secondary N) is 1. The van der Waals surface area contributed by atoms with Gasteiger partial charge in [-0.3, -0.25) is 14.7 Å². The zero-order chi connectivity index (χ0) is 28.2. The lowest BCUT2D eigenvalue weighted by molar-refractivity contribution is -0.193. The molecule has 16 heteroatoms. The van der Waals surface area contributed by atoms with E-state index in [2.05, 4.69) is 15.2 Å². The lowest BCUT2D eigenvalue weighted by Crippen LogP contribution is -2.42. The fourth-order valence-electron chi connectivity index (χ4n) is 3.44. The van der Waals surface area contributed by atoms with Crippen molar-refractivity contribution in [2.24, 2.45) is 5.92 Å². The topological polar surface area (TPSA) is 138 Å². The van der Waals surface area contributed by atoms with Gasteiger partial charge in [0.25, 0.3) is 0 Å². The predicted molar refractivity (Wildman–Crippen MR) is 113 cm³/mol. The van der Waals surface area contributed by atoms with E-state index >= 15 is 0 Å². The zero-order valence-electron chi connectivity index (χ0n) is 19.6. The summed E-state index contributed by atoms with van der Waals surface area (Å²) in [6.07, 6.45) is -4.71. The van der Waals surface area contributed by atoms with Gasteiger partial charge in [0.05, 0.1) is 12.7 Å². The predicted octanol–water partition coefficient (Wildman–Crippen LogP) is 2.09. The standard InChI is InChI=1S/C17H25N3O3.2C2HF3O2/c1-22-9-7-19-17(21)15-10-14-4-8-20(12-16(14)23-15)11-13-2-5-18-6-3-13;2*3-2(4,5)1(6)7/h2-3,5-6,14-16H,4,7-12H2,1H3,(H,19,21);2*(H,6,7)/t14-,15-,16-;;/m0../s1. The van der Waals surface area contributed by atoms with Crippen LogP contribution in [0.15, 0.2) is 24.5 Å². The van der Waals surface area contributed by atoms with Crippen molar-refractivity contribution in [3.63, 3.8) is 0 Å². The molecule has 0 unspecified atom stereocenters. The monoisotopic (exact) mass is 547 g/mol. The summed E-state index contributed by atoms with van der Waals surface area (Å²) in [4.78, 5) is 36.4. The van der Waals surface area contributed by atoms with Crippen LogP contribution in [0, 0.1) is 5.92 Å². The molecule has 3 heterocycles. The summed E-state index contributed by atoms with van der Waals surface area (Å²) >= 11 is 0. The number of ether oxygens (including phenoxy) is 2. The van der Waals surface area contributed by atoms with Gasteiger partial charge in [-0.2, -0.15) is 26.3 Å². The van der Waals surface area contributed by atoms with Crippen molar-refractivity contribution in [3.05, 3.63) is 30.1 Å². The Labute approximate surface area is 207 Å². The zero-order valence-corrected chi connectivity index (χ0v) is 19.6. The van der Waals surface area contributed by atoms with Crippen molar-refractivity contribution < 1.29 is 60.4 Å². The second-order valence-corrected chi connectivity index (χ2v) is 7.93. The number of amides is 1. The Kier molecular flexibility index (Phi) is 12.7. The van der Waals surface area contributed by atoms with Gasteiger partial charge in [-0.1, -0.05) is 0 Å². The van der Waals surface area contributed by atoms with Gasteiger partial charge < -0.3 is 25.0 Å². The highest BCUT2D eigenvalue weighted by molar-refractivity contribution is 5.81. The number of alkyl halides is 6. The summed E-state index contributed by atoms with van der Waals surface area (Å²) in [6.45, 7) is 3.95. The molecule has 0 aromatic carbocycles. The van der Waals surface area contributed by atoms with E-state index in [1.807, 2.05) is 24.5 Å². The second kappa shape index (κ2) is 14.7. The number of aliphatic carboxylic acids is 2. The third-order valence-corrected chi connectivity index (χ3v) is 5.17. The minimum atomic E-state index is -5.08. The van der Waals surface area contributed by atoms with Gasteiger partial charge in [0.1, 0.15) is 6.10 Å². The van der Waals surface area contributed by atoms with E-state index in [1.165, 1.54) is 5.56 Å². The van der Waals surface area contributed by atoms with E-state index < -0.39 is 24.3 Å². The van der Waals surface area contributed by atoms with Crippen LogP contribution in [0.2, 0.25) is 0 Å². The maximum absolute atomic E-state index is 12.1. The molecule has 0 aliphatic carbocycles. The molecule has 2 aliphatic rings. The largest absolute Gasteiger partial charge is 0.490 e. The second-order valence-electron chi connectivity index (χ2n) is 7.93. The summed E-state index contributed by atoms with van der Waals surface area (Å²) in [6, 6.07) is 4.10. The van der Waals surface area contributed by atoms with Gasteiger partial charge in [-0.15, -0.1) is 0 Å². The average Bonchev–Trinajstić information content (AvgIpc) is 3.23. The number of rotatable bonds is 6. The van der Waals surface area contributed by atoms with Crippen LogP contribution in [-0.4, -0.2) is 95.9 Å². The van der Waals surface area contributed by atoms with Crippen LogP contribution in [0.5, 0.6) is 0 Å². The smallest absolute Gasteiger partial charge is 0.475 e. The van der Waals surface area contributed by atoms with E-state index in [0.717, 1.165) is 32.5 Å². The Bertz CT molecular complexity index is 846. The number of fused-ring (bicyclic) bond motifs is 1. The minimum Gasteiger partial charge on any atom is -0.475 e. The van der Waals surface area contributed by atoms with Crippen molar-refractivity contribution in [1.82, 2.24) is 15.2 Å². The molecule has 0 bridgehead atoms. The van der Waals surface area contributed by atoms with Crippen molar-refractivity contribution in [2.75, 3.05) is 33.4 Å². The van der Waals surface area contributed by atoms with Gasteiger partial charge in [0.15, 0.2) is 0 Å². The lowest BCUT2D eigenvalue weighted by Gasteiger charge is -2.34. The summed E-state index contributed by atoms with van der Waals surface area (Å²) in [7, 11) is 1.63. The van der Waals surface area contributed by atoms with Crippen molar-refractivity contribution in [2.45, 2.75) is 43.9 Å². The van der Waals surface area contributed by atoms with Crippen LogP contribution >= 0.6 is 0 Å². The van der Waals surface area contributed by atoms with E-state index in [4.69, 9.17) is 29.3 Å². The number of carboxylic acid groups (broad SMARTS) is 2. The van der Waals surface area contributed by atoms with Crippen LogP contribution in [0.4, 0.5) is 26.3 Å². The number of methoxy groups -OCH3 is 1. The molecule has 2 saturated heterocycles. The molecule has 37 heavy (non-hydrogen) atoms. The maximum atomic E-state index is 12.1. The first-order chi connectivity index (χ1) is 17.1. The number of nitrogens with zero attached hydrogens (tertiary/aromatic N) is 2. The molecule has 10 nitrogen and oxygen atoms in total. The van der Waals surface area contributed by atoms with Crippen LogP contribution in [0.1, 0.15) is 18.4 Å². The highest BCUT2D eigenvalue weighted by Gasteiger charge is 2.42. The third kappa shape index (κ3) is 12.2. The summed E-state index contributed by atoms with van der Waals surface area (Å²) in [5.74, 6) is -5.01. The number of halogens is 6. The Balaban J connectivity index is 0.000000404. The third-order valence-electron chi connectivity index (χ3n) is 5.17. The normalized spacial score (nSPS) is 21.4. The van der Waals surface area contributed by atoms with Crippen molar-refractivity contribution in [1.29, 1.82) is 0 Å². The van der Waals surface area contributed by atoms with E-state index in [1.54, 1.807) is 7.11 Å². The van der Waals surface area contributed by atoms with Crippen LogP contribution in [0.3, 0.4) is 0 Å². The number of carboxylic acids is 2. The van der Waals surface area contributed by atoms with Gasteiger partial charge in [0, 0.05) is 39.1 Å². The van der Waals surface area contributed by atoms with Gasteiger partial charge in [-0.05, 0) is 43.0 Å². The van der Waals surface area contributed by atoms with Crippen molar-refractivity contribution in [3.8, 4) is 0 Å². The first-order valence-electron chi connectivity index (χ1n) is 10.8. The lowest BCUT2D eigenvalue weighted by atomic mass is 9.91. The highest BCUT2D eigenvalue weighted by atomic mass is 19.4. The molecular weight excluding hydrogens is 520 g/mol. The molecule has 2 fully saturated rings. The number of pyridine rings is 1. The maximum Gasteiger partial charge on any atom is 0.490 e. The Morgan fingerprint density at radius 3 is 2.14 bits per heavy atom. The molecule has 2 aliphatic heterocycles. The quantitative estimate of drug-likeness (QED) is 0.361. The fourth-order valence-corrected chi connectivity index (χ4v) is 3.44. The first kappa shape index (κ1) is 32.0. The summed E-state index contributed by atoms with van der Waals surface area (Å²) < 4.78 is 74.4. The van der Waals surface area contributed by atoms with Gasteiger partial charge >= 0.3 is 24.3 Å². The van der Waals surface area contributed by atoms with Crippen molar-refractivity contribution >= 4 is 17.8 Å². The molecular formula is C21H27F6N3O7. The minimum absolute atomic E-state index is 0.00265. The molecule has 3 rings (SSSR count). The van der Waals surface area contributed by atoms with Crippen LogP contribution in [-0.2, 0) is 30.4 Å². The number of likely N-dealkylation sites (tertiary alicyclic amines) is 1. The number of carbonyl (C=O) groups is 3. The fraction of sp³-hybridized carbons (Fsp3) is 0.619. The summed E-state index contributed by atoms with van der Waals surface area (Å²) in [5, 5.41) is 17.1. The molecule has 0 saturated carbocycles. The van der Waals surface area contributed by atoms with E-state index in [9.17, 15) is 31.1 Å². The molecule has 210 valence electrons. The molecule has 3 N–H and O–H groups in total. The van der Waals surface area contributed by atoms with Crippen LogP contribution in [0.25, 0.3) is 0 Å². The first-order valence-corrected chi connectivity index (χ1v) is 10.8. The molecule has 1 aromatic heterocycles. The number of piperidine rings is 1. The number of hydrogen-bond acceptors (Lipinski definition) is 7. The van der Waals surface area contributed by atoms with Crippen LogP contribution < -0.4 is 5.32 Å². The molecule has 3 atom stereocenters. The van der Waals surface area contributed by atoms with E-state index in [-0.39, 0.29) is 18.1 Å². The Morgan fingerprint density at radius 2 is 1.65 bits per heavy atom. The highest BCUT2D eigenvalue weighted by Crippen LogP contribution is 2.33. The Hall–Kier alpha value is -2.98. The van der Waals surface area contributed by atoms with Gasteiger partial charge in [0.2, 0.25) is 5.91 Å². The van der Waals surface area contributed by atoms with E-state index in [0.29, 0.717) is 19.1 Å². The SMILES string of the molecule is COCCNC(=O)[C@@H]1C[C@@H]2CCN(Cc3ccncc3)C[C@@H]2O1.O=C(O)C(F)(F)F.O=C(O)C(F)(F)F. The number of carbonyl (C=O) groups excluding carboxylic acids is 1. The van der Waals surface area contributed by atoms with Gasteiger partial charge in [-0.25, -0.2) is 9.59 Å². The number of hydrogen-bond donors (Lipinski definition) is 3.